The number of nitrogens with zero attached hydrogens (tertiary/aromatic N) is 3. The predicted octanol–water partition coefficient (Wildman–Crippen LogP) is 4.72. The van der Waals surface area contributed by atoms with Crippen molar-refractivity contribution < 1.29 is 9.84 Å². The van der Waals surface area contributed by atoms with Crippen molar-refractivity contribution in [2.24, 2.45) is 7.05 Å². The molecule has 0 atom stereocenters. The van der Waals surface area contributed by atoms with Crippen LogP contribution in [0, 0.1) is 0 Å². The number of anilines is 2. The average molecular weight is 392 g/mol. The van der Waals surface area contributed by atoms with E-state index in [1.807, 2.05) is 41.9 Å². The van der Waals surface area contributed by atoms with Crippen LogP contribution in [-0.2, 0) is 13.7 Å². The van der Waals surface area contributed by atoms with Gasteiger partial charge < -0.3 is 19.7 Å². The van der Waals surface area contributed by atoms with Gasteiger partial charge in [0.15, 0.2) is 0 Å². The van der Waals surface area contributed by atoms with E-state index in [-0.39, 0.29) is 6.61 Å². The maximum atomic E-state index is 9.21. The van der Waals surface area contributed by atoms with Crippen molar-refractivity contribution in [3.63, 3.8) is 0 Å². The number of aryl methyl sites for hydroxylation is 1. The number of imidazole rings is 1. The molecule has 2 aromatic heterocycles. The molecule has 0 radical (unpaired) electrons. The topological polar surface area (TPSA) is 72.2 Å². The van der Waals surface area contributed by atoms with Crippen LogP contribution < -0.4 is 10.1 Å². The molecule has 0 saturated heterocycles. The van der Waals surface area contributed by atoms with Gasteiger partial charge in [-0.1, -0.05) is 0 Å². The highest BCUT2D eigenvalue weighted by Crippen LogP contribution is 2.28. The fourth-order valence-electron chi connectivity index (χ4n) is 2.90. The molecule has 4 rings (SSSR count). The van der Waals surface area contributed by atoms with E-state index < -0.39 is 0 Å². The molecule has 0 aliphatic heterocycles. The Kier molecular flexibility index (Phi) is 5.18. The number of hydrogen-bond donors (Lipinski definition) is 2. The minimum absolute atomic E-state index is 0.122. The maximum Gasteiger partial charge on any atom is 0.208 e. The molecule has 2 N–H and O–H groups in total. The molecular formula is C21H20N4O2S. The monoisotopic (exact) mass is 392 g/mol. The second kappa shape index (κ2) is 7.92. The van der Waals surface area contributed by atoms with Crippen LogP contribution in [-0.4, -0.2) is 25.9 Å². The third-order valence-corrected chi connectivity index (χ3v) is 5.13. The van der Waals surface area contributed by atoms with Crippen LogP contribution in [0.1, 0.15) is 5.69 Å². The molecule has 0 unspecified atom stereocenters. The number of aliphatic hydroxyl groups excluding tert-OH is 1. The molecule has 7 heteroatoms. The molecule has 28 heavy (non-hydrogen) atoms. The number of thioether (sulfide) groups is 1. The molecule has 0 aliphatic carbocycles. The summed E-state index contributed by atoms with van der Waals surface area (Å²) in [5.74, 6) is 2.06. The molecule has 0 saturated carbocycles. The second-order valence-electron chi connectivity index (χ2n) is 6.24. The van der Waals surface area contributed by atoms with Crippen LogP contribution in [0.2, 0.25) is 0 Å². The molecule has 0 aliphatic rings. The molecule has 0 bridgehead atoms. The van der Waals surface area contributed by atoms with Gasteiger partial charge in [0.2, 0.25) is 5.95 Å². The van der Waals surface area contributed by atoms with Crippen molar-refractivity contribution >= 4 is 34.4 Å². The zero-order valence-corrected chi connectivity index (χ0v) is 16.4. The van der Waals surface area contributed by atoms with E-state index in [2.05, 4.69) is 28.7 Å². The molecule has 0 amide bonds. The predicted molar refractivity (Wildman–Crippen MR) is 112 cm³/mol. The SMILES string of the molecule is CSc1ccc(Nc2nc3cc(Oc4ccnc(CO)c4)ccc3n2C)cc1. The Bertz CT molecular complexity index is 1110. The van der Waals surface area contributed by atoms with Gasteiger partial charge in [-0.25, -0.2) is 4.98 Å². The van der Waals surface area contributed by atoms with E-state index in [0.717, 1.165) is 22.7 Å². The fourth-order valence-corrected chi connectivity index (χ4v) is 3.31. The van der Waals surface area contributed by atoms with Gasteiger partial charge in [-0.3, -0.25) is 4.98 Å². The Morgan fingerprint density at radius 1 is 1.07 bits per heavy atom. The molecule has 2 heterocycles. The number of fused-ring (bicyclic) bond motifs is 1. The van der Waals surface area contributed by atoms with E-state index in [1.54, 1.807) is 30.1 Å². The highest BCUT2D eigenvalue weighted by atomic mass is 32.2. The number of hydrogen-bond acceptors (Lipinski definition) is 6. The van der Waals surface area contributed by atoms with Gasteiger partial charge in [0.05, 0.1) is 23.3 Å². The maximum absolute atomic E-state index is 9.21. The Morgan fingerprint density at radius 3 is 2.61 bits per heavy atom. The van der Waals surface area contributed by atoms with Crippen molar-refractivity contribution in [1.29, 1.82) is 0 Å². The number of pyridine rings is 1. The van der Waals surface area contributed by atoms with Gasteiger partial charge in [-0.15, -0.1) is 11.8 Å². The number of rotatable bonds is 6. The molecule has 0 spiro atoms. The zero-order valence-electron chi connectivity index (χ0n) is 15.6. The van der Waals surface area contributed by atoms with Crippen molar-refractivity contribution in [1.82, 2.24) is 14.5 Å². The van der Waals surface area contributed by atoms with Crippen molar-refractivity contribution in [3.05, 3.63) is 66.5 Å². The number of benzene rings is 2. The number of nitrogens with one attached hydrogen (secondary N) is 1. The highest BCUT2D eigenvalue weighted by molar-refractivity contribution is 7.98. The fraction of sp³-hybridized carbons (Fsp3) is 0.143. The molecule has 0 fully saturated rings. The first-order chi connectivity index (χ1) is 13.7. The van der Waals surface area contributed by atoms with Crippen LogP contribution in [0.3, 0.4) is 0 Å². The van der Waals surface area contributed by atoms with E-state index in [0.29, 0.717) is 17.2 Å². The van der Waals surface area contributed by atoms with Gasteiger partial charge >= 0.3 is 0 Å². The highest BCUT2D eigenvalue weighted by Gasteiger charge is 2.10. The quantitative estimate of drug-likeness (QED) is 0.463. The van der Waals surface area contributed by atoms with Crippen LogP contribution >= 0.6 is 11.8 Å². The van der Waals surface area contributed by atoms with E-state index in [9.17, 15) is 5.11 Å². The standard InChI is InChI=1S/C21H20N4O2S/c1-25-20-8-5-16(27-17-9-10-22-15(11-17)13-26)12-19(20)24-21(25)23-14-3-6-18(28-2)7-4-14/h3-12,26H,13H2,1-2H3,(H,23,24). The minimum atomic E-state index is -0.122. The summed E-state index contributed by atoms with van der Waals surface area (Å²) in [5.41, 5.74) is 3.39. The van der Waals surface area contributed by atoms with Crippen molar-refractivity contribution in [2.75, 3.05) is 11.6 Å². The first kappa shape index (κ1) is 18.3. The van der Waals surface area contributed by atoms with Crippen LogP contribution in [0.5, 0.6) is 11.5 Å². The third kappa shape index (κ3) is 3.81. The normalized spacial score (nSPS) is 11.0. The van der Waals surface area contributed by atoms with Gasteiger partial charge in [-0.05, 0) is 48.7 Å². The van der Waals surface area contributed by atoms with Gasteiger partial charge in [0.25, 0.3) is 0 Å². The van der Waals surface area contributed by atoms with Crippen LogP contribution in [0.4, 0.5) is 11.6 Å². The van der Waals surface area contributed by atoms with Gasteiger partial charge in [0, 0.05) is 36.0 Å². The summed E-state index contributed by atoms with van der Waals surface area (Å²) in [7, 11) is 1.98. The molecule has 6 nitrogen and oxygen atoms in total. The lowest BCUT2D eigenvalue weighted by Gasteiger charge is -2.07. The number of aromatic nitrogens is 3. The first-order valence-electron chi connectivity index (χ1n) is 8.77. The zero-order chi connectivity index (χ0) is 19.5. The van der Waals surface area contributed by atoms with E-state index in [1.165, 1.54) is 4.90 Å². The summed E-state index contributed by atoms with van der Waals surface area (Å²) in [5, 5.41) is 12.6. The Labute approximate surface area is 167 Å². The van der Waals surface area contributed by atoms with Crippen molar-refractivity contribution in [2.45, 2.75) is 11.5 Å². The second-order valence-corrected chi connectivity index (χ2v) is 7.12. The summed E-state index contributed by atoms with van der Waals surface area (Å²) in [6, 6.07) is 17.5. The minimum Gasteiger partial charge on any atom is -0.457 e. The van der Waals surface area contributed by atoms with Crippen LogP contribution in [0.15, 0.2) is 65.7 Å². The lowest BCUT2D eigenvalue weighted by molar-refractivity contribution is 0.276. The Morgan fingerprint density at radius 2 is 1.86 bits per heavy atom. The smallest absolute Gasteiger partial charge is 0.208 e. The summed E-state index contributed by atoms with van der Waals surface area (Å²) in [4.78, 5) is 9.98. The lowest BCUT2D eigenvalue weighted by atomic mass is 10.3. The summed E-state index contributed by atoms with van der Waals surface area (Å²) >= 11 is 1.71. The number of ether oxygens (including phenoxy) is 1. The van der Waals surface area contributed by atoms with E-state index in [4.69, 9.17) is 9.72 Å². The lowest BCUT2D eigenvalue weighted by Crippen LogP contribution is -1.98. The van der Waals surface area contributed by atoms with Gasteiger partial charge in [-0.2, -0.15) is 0 Å². The average Bonchev–Trinajstić information content (AvgIpc) is 3.03. The Hall–Kier alpha value is -3.03. The summed E-state index contributed by atoms with van der Waals surface area (Å²) in [6.07, 6.45) is 3.68. The van der Waals surface area contributed by atoms with Crippen LogP contribution in [0.25, 0.3) is 11.0 Å². The number of aliphatic hydroxyl groups is 1. The molecule has 2 aromatic carbocycles. The molecule has 4 aromatic rings. The third-order valence-electron chi connectivity index (χ3n) is 4.38. The summed E-state index contributed by atoms with van der Waals surface area (Å²) < 4.78 is 7.91. The van der Waals surface area contributed by atoms with E-state index >= 15 is 0 Å². The van der Waals surface area contributed by atoms with Gasteiger partial charge in [0.1, 0.15) is 11.5 Å². The molecular weight excluding hydrogens is 372 g/mol. The molecule has 142 valence electrons. The Balaban J connectivity index is 1.59. The summed E-state index contributed by atoms with van der Waals surface area (Å²) in [6.45, 7) is -0.122. The largest absolute Gasteiger partial charge is 0.457 e. The first-order valence-corrected chi connectivity index (χ1v) is 10.00. The van der Waals surface area contributed by atoms with Crippen molar-refractivity contribution in [3.8, 4) is 11.5 Å².